The van der Waals surface area contributed by atoms with Crippen molar-refractivity contribution in [1.82, 2.24) is 0 Å². The van der Waals surface area contributed by atoms with Crippen molar-refractivity contribution in [2.45, 2.75) is 257 Å². The molecule has 47 heteroatoms. The topological polar surface area (TPSA) is 584 Å². The number of aliphatic hydroxyl groups is 3. The third kappa shape index (κ3) is 40.6. The molecule has 149 heavy (non-hydrogen) atoms. The van der Waals surface area contributed by atoms with Gasteiger partial charge in [0.15, 0.2) is 54.2 Å². The second-order valence-corrected chi connectivity index (χ2v) is 50.5. The van der Waals surface area contributed by atoms with Crippen LogP contribution in [0.2, 0.25) is 20.1 Å². The molecule has 0 spiro atoms. The van der Waals surface area contributed by atoms with E-state index < -0.39 is 193 Å². The Morgan fingerprint density at radius 2 is 0.732 bits per heavy atom. The molecule has 5 aliphatic heterocycles. The van der Waals surface area contributed by atoms with E-state index in [1.165, 1.54) is 39.5 Å². The van der Waals surface area contributed by atoms with Crippen molar-refractivity contribution in [3.63, 3.8) is 0 Å². The van der Waals surface area contributed by atoms with E-state index in [0.29, 0.717) is 101 Å². The van der Waals surface area contributed by atoms with Crippen molar-refractivity contribution in [2.24, 2.45) is 5.92 Å². The Bertz CT molecular complexity index is 5550. The van der Waals surface area contributed by atoms with Gasteiger partial charge in [0.2, 0.25) is 12.4 Å². The summed E-state index contributed by atoms with van der Waals surface area (Å²) in [5.74, 6) is -3.70. The van der Waals surface area contributed by atoms with E-state index in [0.717, 1.165) is 88.3 Å². The summed E-state index contributed by atoms with van der Waals surface area (Å²) in [6.45, 7) is 25.6. The van der Waals surface area contributed by atoms with Crippen LogP contribution in [-0.4, -0.2) is 245 Å². The molecular weight excluding hydrogens is 2260 g/mol. The zero-order valence-corrected chi connectivity index (χ0v) is 96.3. The average molecular weight is 2390 g/mol. The van der Waals surface area contributed by atoms with E-state index in [2.05, 4.69) is 0 Å². The van der Waals surface area contributed by atoms with E-state index >= 15 is 0 Å². The maximum atomic E-state index is 13.2. The molecule has 14 rings (SSSR count). The largest absolute Gasteiger partial charge is 1.00 e. The van der Waals surface area contributed by atoms with Crippen molar-refractivity contribution in [3.05, 3.63) is 257 Å². The summed E-state index contributed by atoms with van der Waals surface area (Å²) < 4.78 is 101. The van der Waals surface area contributed by atoms with Gasteiger partial charge < -0.3 is 140 Å². The average Bonchev–Trinajstić information content (AvgIpc) is 1.76. The summed E-state index contributed by atoms with van der Waals surface area (Å²) in [6.07, 6.45) is -11.9. The molecule has 8 aromatic rings. The number of halogens is 7. The number of hydrogen-bond donors (Lipinski definition) is 3. The van der Waals surface area contributed by atoms with Crippen LogP contribution in [0.5, 0.6) is 23.0 Å². The zero-order valence-electron chi connectivity index (χ0n) is 86.1. The number of thioether (sulfide) groups is 1. The first-order valence-corrected chi connectivity index (χ1v) is 59.8. The predicted octanol–water partition coefficient (Wildman–Crippen LogP) is 10.0. The number of benzene rings is 8. The summed E-state index contributed by atoms with van der Waals surface area (Å²) in [5.41, 5.74) is 24.2. The molecule has 818 valence electrons. The SMILES string of the molecule is CCOc1ccc(Cc2cc(C(=O)[C@@H]3C[C@H]4OC(C)(C)O[C@H]4[C@@H]3O)ccc2Cl)cc1.CCOc1ccc(Cc2cc([C@@H]3OC(OC(C)=O)[C@@H](OC(C)=O)[C@H](OC(C)=O)[C@H]3OC(C)=O)ccc2Cl)cc1.CCOc1ccc(Cc2cc([C@@H]3O[C@H](SC)[C@@H](OC(C)=O)[C@H](OC(C)=O)[C@H]3OC(C)=O)ccc2Cl)cc1.CCOc1ccc(Cc2cc([C@H](O)[C@@H]3O[C@H]4OC(C)(C)O[C@H]4[C@@H]3O)ccc2Cl)cc1.O.O.O.O.O.O.O.[B].[Cl][Ce]([Cl])[Cl].[H-].[Na+]. The van der Waals surface area contributed by atoms with Crippen LogP contribution in [0.4, 0.5) is 0 Å². The van der Waals surface area contributed by atoms with Gasteiger partial charge in [-0.15, -0.1) is 11.8 Å². The van der Waals surface area contributed by atoms with Gasteiger partial charge in [-0.3, -0.25) is 38.4 Å². The Balaban J connectivity index is 0.00000191. The maximum absolute atomic E-state index is 13.2. The van der Waals surface area contributed by atoms with Gasteiger partial charge in [0.1, 0.15) is 71.2 Å². The molecule has 1 aliphatic carbocycles. The molecule has 1 saturated carbocycles. The second kappa shape index (κ2) is 65.8. The number of esters is 7. The Kier molecular flexibility index (Phi) is 61.9. The Hall–Kier alpha value is -6.94. The first kappa shape index (κ1) is 140. The molecule has 3 radical (unpaired) electrons. The minimum atomic E-state index is -2.24. The summed E-state index contributed by atoms with van der Waals surface area (Å²) in [7, 11) is 0. The number of hydrogen-bond acceptors (Lipinski definition) is 30. The summed E-state index contributed by atoms with van der Waals surface area (Å²) in [5, 5.41) is 34.5. The fourth-order valence-electron chi connectivity index (χ4n) is 16.9. The van der Waals surface area contributed by atoms with Crippen molar-refractivity contribution in [3.8, 4) is 23.0 Å². The number of ketones is 1. The summed E-state index contributed by atoms with van der Waals surface area (Å²) >= 11 is 24.9. The standard InChI is InChI=1S/C28H31ClO10.C27H31ClO8S.C24H27ClO5.C23H27ClO6.B.Ce.3ClH.Na.7H2O.H/c1-6-34-22-10-7-19(8-11-22)13-21-14-20(9-12-23(21)29)24-25(35-15(2)30)26(36-16(3)31)27(37-17(4)32)28(39-24)38-18(5)33;1-6-32-21-10-7-18(8-11-21)13-20-14-19(9-12-22(20)28)23-24(33-15(2)29)25(34-16(3)30)26(35-17(4)31)27(36-23)37-5;1-4-28-17-8-5-14(6-9-17)11-16-12-15(7-10-19(16)25)21(26)18-13-20-23(22(18)27)30-24(2,3)29-20;1-4-27-16-8-5-13(6-9-16)11-15-12-14(7-10-17(15)24)18(25)20-19(26)21-22(28-20)30-23(2,3)29-21;;;;;;;;;;;;;;/h7-12,14,24-28H,6,13H2,1-5H3;7-12,14,23-27H,6,13H2,1-5H3;5-10,12,18,20,22-23,27H,4,11,13H2,1-3H3;5-10,12,18-22,25-26H,4,11H2,1-3H3;;;3*1H;;7*1H2;/q;;;;;+3;;;;+1;;;;;;;;-1/p-3/t24-,25-,26+,27-,28?;23-,24-,25+,26-,27+;18-,20+,22+,23+;18-,19+,20-,21-,22-;;;;;;;;;;;;;;/m0000............../s1. The van der Waals surface area contributed by atoms with Gasteiger partial charge in [-0.25, -0.2) is 0 Å². The van der Waals surface area contributed by atoms with Crippen molar-refractivity contribution >= 4 is 131 Å². The molecule has 1 unspecified atom stereocenters. The summed E-state index contributed by atoms with van der Waals surface area (Å²) in [6, 6.07) is 52.1. The Morgan fingerprint density at radius 1 is 0.409 bits per heavy atom. The van der Waals surface area contributed by atoms with Gasteiger partial charge in [-0.05, 0) is 240 Å². The number of fused-ring (bicyclic) bond motifs is 2. The van der Waals surface area contributed by atoms with Crippen LogP contribution < -0.4 is 48.5 Å². The molecule has 6 fully saturated rings. The quantitative estimate of drug-likeness (QED) is 0.0163. The van der Waals surface area contributed by atoms with Gasteiger partial charge in [0.25, 0.3) is 0 Å². The molecule has 6 aliphatic rings. The van der Waals surface area contributed by atoms with E-state index in [9.17, 15) is 53.7 Å². The van der Waals surface area contributed by atoms with Crippen LogP contribution in [0, 0.1) is 36.6 Å². The summed E-state index contributed by atoms with van der Waals surface area (Å²) in [4.78, 5) is 97.0. The minimum absolute atomic E-state index is 0. The first-order valence-electron chi connectivity index (χ1n) is 45.2. The minimum Gasteiger partial charge on any atom is -1.00 e. The fraction of sp³-hybridized carbons (Fsp3) is 0.451. The van der Waals surface area contributed by atoms with Crippen LogP contribution in [0.25, 0.3) is 0 Å². The monoisotopic (exact) mass is 2380 g/mol. The van der Waals surface area contributed by atoms with Crippen molar-refractivity contribution in [1.29, 1.82) is 0 Å². The molecule has 19 atom stereocenters. The maximum Gasteiger partial charge on any atom is 1.00 e. The van der Waals surface area contributed by atoms with Crippen LogP contribution in [-0.2, 0) is 126 Å². The predicted molar refractivity (Wildman–Crippen MR) is 553 cm³/mol. The van der Waals surface area contributed by atoms with Gasteiger partial charge in [-0.2, -0.15) is 0 Å². The van der Waals surface area contributed by atoms with Gasteiger partial charge in [-0.1, -0.05) is 131 Å². The molecule has 0 bridgehead atoms. The van der Waals surface area contributed by atoms with Crippen LogP contribution in [0.15, 0.2) is 170 Å². The molecule has 36 nitrogen and oxygen atoms in total. The number of carbonyl (C=O) groups is 8. The first-order chi connectivity index (χ1) is 66.4. The molecule has 8 aromatic carbocycles. The number of ether oxygens (including phenoxy) is 18. The molecule has 0 aromatic heterocycles. The van der Waals surface area contributed by atoms with E-state index in [1.54, 1.807) is 74.7 Å². The fourth-order valence-corrected chi connectivity index (χ4v) is 18.3. The number of carbonyl (C=O) groups excluding carboxylic acids is 8. The van der Waals surface area contributed by atoms with Gasteiger partial charge in [0, 0.05) is 82.5 Å². The van der Waals surface area contributed by atoms with Crippen LogP contribution >= 0.6 is 75.1 Å². The Morgan fingerprint density at radius 3 is 1.09 bits per heavy atom. The molecule has 0 amide bonds. The normalized spacial score (nSPS) is 22.9. The molecule has 5 saturated heterocycles. The smallest absolute Gasteiger partial charge is 1.00 e. The van der Waals surface area contributed by atoms with E-state index in [4.69, 9.17) is 149 Å². The molecular formula is C102H131BCeCl7NaO36S. The van der Waals surface area contributed by atoms with Crippen LogP contribution in [0.3, 0.4) is 0 Å². The Labute approximate surface area is 936 Å². The molecule has 5 heterocycles. The van der Waals surface area contributed by atoms with Crippen molar-refractivity contribution < 1.29 is 239 Å². The third-order valence-corrected chi connectivity index (χ3v) is 24.8. The number of Topliss-reactive ketones (excluding diaryl/α,β-unsaturated/α-hetero) is 1. The zero-order chi connectivity index (χ0) is 102. The molecule has 17 N–H and O–H groups in total. The van der Waals surface area contributed by atoms with Gasteiger partial charge in [0.05, 0.1) is 44.6 Å². The number of aliphatic hydroxyl groups excluding tert-OH is 3. The number of rotatable bonds is 30. The second-order valence-electron chi connectivity index (χ2n) is 34.1. The van der Waals surface area contributed by atoms with E-state index in [-0.39, 0.29) is 89.6 Å². The van der Waals surface area contributed by atoms with Crippen molar-refractivity contribution in [2.75, 3.05) is 32.7 Å². The van der Waals surface area contributed by atoms with E-state index in [1.807, 2.05) is 157 Å². The van der Waals surface area contributed by atoms with Crippen LogP contribution in [0.1, 0.15) is 202 Å². The third-order valence-electron chi connectivity index (χ3n) is 22.5. The van der Waals surface area contributed by atoms with Gasteiger partial charge >= 0.3 is 119 Å².